The fourth-order valence-electron chi connectivity index (χ4n) is 2.27. The third kappa shape index (κ3) is 4.34. The second-order valence-corrected chi connectivity index (χ2v) is 5.78. The van der Waals surface area contributed by atoms with Crippen LogP contribution in [0.5, 0.6) is 0 Å². The van der Waals surface area contributed by atoms with Gasteiger partial charge in [-0.1, -0.05) is 53.6 Å². The molecule has 0 spiro atoms. The summed E-state index contributed by atoms with van der Waals surface area (Å²) in [6.07, 6.45) is 0. The number of likely N-dealkylation sites (N-methyl/N-ethyl adjacent to an activating group) is 1. The summed E-state index contributed by atoms with van der Waals surface area (Å²) in [5.41, 5.74) is 9.90. The molecule has 2 aromatic carbocycles. The van der Waals surface area contributed by atoms with Gasteiger partial charge < -0.3 is 10.6 Å². The molecule has 1 unspecified atom stereocenters. The molecule has 0 radical (unpaired) electrons. The second kappa shape index (κ2) is 6.89. The smallest absolute Gasteiger partial charge is 0.0424 e. The van der Waals surface area contributed by atoms with E-state index >= 15 is 0 Å². The largest absolute Gasteiger partial charge is 0.323 e. The Morgan fingerprint density at radius 2 is 1.85 bits per heavy atom. The molecule has 2 N–H and O–H groups in total. The fourth-order valence-corrected chi connectivity index (χ4v) is 2.48. The zero-order chi connectivity index (χ0) is 14.5. The van der Waals surface area contributed by atoms with Gasteiger partial charge in [0.15, 0.2) is 0 Å². The molecule has 0 aromatic heterocycles. The summed E-state index contributed by atoms with van der Waals surface area (Å²) in [5.74, 6) is 0. The molecule has 106 valence electrons. The average molecular weight is 289 g/mol. The molecule has 0 saturated carbocycles. The van der Waals surface area contributed by atoms with Crippen LogP contribution < -0.4 is 5.73 Å². The number of aryl methyl sites for hydroxylation is 1. The van der Waals surface area contributed by atoms with Crippen molar-refractivity contribution in [2.75, 3.05) is 13.6 Å². The van der Waals surface area contributed by atoms with Crippen LogP contribution in [0.15, 0.2) is 48.5 Å². The molecule has 3 heteroatoms. The molecule has 20 heavy (non-hydrogen) atoms. The highest BCUT2D eigenvalue weighted by atomic mass is 35.5. The van der Waals surface area contributed by atoms with Gasteiger partial charge in [0, 0.05) is 24.2 Å². The molecule has 0 aliphatic carbocycles. The number of rotatable bonds is 5. The normalized spacial score (nSPS) is 12.7. The molecule has 0 fully saturated rings. The van der Waals surface area contributed by atoms with E-state index in [0.29, 0.717) is 0 Å². The highest BCUT2D eigenvalue weighted by molar-refractivity contribution is 6.30. The van der Waals surface area contributed by atoms with Gasteiger partial charge in [-0.05, 0) is 37.2 Å². The third-order valence-electron chi connectivity index (χ3n) is 3.36. The highest BCUT2D eigenvalue weighted by Crippen LogP contribution is 2.15. The van der Waals surface area contributed by atoms with Crippen LogP contribution in [0.2, 0.25) is 5.02 Å². The van der Waals surface area contributed by atoms with Crippen molar-refractivity contribution in [3.8, 4) is 0 Å². The van der Waals surface area contributed by atoms with E-state index in [9.17, 15) is 0 Å². The van der Waals surface area contributed by atoms with Crippen LogP contribution in [-0.2, 0) is 6.54 Å². The van der Waals surface area contributed by atoms with Crippen molar-refractivity contribution in [3.05, 3.63) is 70.2 Å². The molecule has 0 aliphatic rings. The maximum absolute atomic E-state index is 6.26. The minimum atomic E-state index is 0.0276. The quantitative estimate of drug-likeness (QED) is 0.907. The first-order valence-electron chi connectivity index (χ1n) is 6.80. The van der Waals surface area contributed by atoms with Crippen LogP contribution in [-0.4, -0.2) is 18.5 Å². The number of benzene rings is 2. The number of halogens is 1. The predicted molar refractivity (Wildman–Crippen MR) is 85.9 cm³/mol. The van der Waals surface area contributed by atoms with Gasteiger partial charge in [-0.25, -0.2) is 0 Å². The maximum atomic E-state index is 6.26. The Bertz CT molecular complexity index is 551. The van der Waals surface area contributed by atoms with Crippen molar-refractivity contribution < 1.29 is 0 Å². The first-order chi connectivity index (χ1) is 9.54. The lowest BCUT2D eigenvalue weighted by Crippen LogP contribution is -2.28. The van der Waals surface area contributed by atoms with Gasteiger partial charge in [-0.15, -0.1) is 0 Å². The third-order valence-corrected chi connectivity index (χ3v) is 3.59. The van der Waals surface area contributed by atoms with E-state index in [2.05, 4.69) is 49.2 Å². The van der Waals surface area contributed by atoms with Crippen molar-refractivity contribution in [1.29, 1.82) is 0 Å². The minimum absolute atomic E-state index is 0.0276. The zero-order valence-corrected chi connectivity index (χ0v) is 12.8. The van der Waals surface area contributed by atoms with Gasteiger partial charge in [-0.2, -0.15) is 0 Å². The molecule has 2 nitrogen and oxygen atoms in total. The van der Waals surface area contributed by atoms with Gasteiger partial charge in [-0.3, -0.25) is 0 Å². The van der Waals surface area contributed by atoms with E-state index in [0.717, 1.165) is 18.1 Å². The molecule has 0 bridgehead atoms. The molecule has 0 aliphatic heterocycles. The van der Waals surface area contributed by atoms with E-state index in [-0.39, 0.29) is 6.04 Å². The number of hydrogen-bond donors (Lipinski definition) is 1. The Morgan fingerprint density at radius 1 is 1.15 bits per heavy atom. The Kier molecular flexibility index (Phi) is 5.18. The summed E-state index contributed by atoms with van der Waals surface area (Å²) < 4.78 is 0. The van der Waals surface area contributed by atoms with Gasteiger partial charge in [0.25, 0.3) is 0 Å². The zero-order valence-electron chi connectivity index (χ0n) is 12.0. The lowest BCUT2D eigenvalue weighted by Gasteiger charge is -2.21. The Hall–Kier alpha value is -1.35. The Balaban J connectivity index is 1.93. The van der Waals surface area contributed by atoms with E-state index in [1.165, 1.54) is 16.7 Å². The lowest BCUT2D eigenvalue weighted by molar-refractivity contribution is 0.305. The molecule has 0 amide bonds. The molecular formula is C17H21ClN2. The minimum Gasteiger partial charge on any atom is -0.323 e. The summed E-state index contributed by atoms with van der Waals surface area (Å²) in [6, 6.07) is 16.4. The predicted octanol–water partition coefficient (Wildman–Crippen LogP) is 3.78. The SMILES string of the molecule is Cc1ccc(C(N)CN(C)Cc2cccc(Cl)c2)cc1. The van der Waals surface area contributed by atoms with Gasteiger partial charge in [0.1, 0.15) is 0 Å². The molecule has 1 atom stereocenters. The van der Waals surface area contributed by atoms with E-state index in [1.807, 2.05) is 18.2 Å². The Morgan fingerprint density at radius 3 is 2.50 bits per heavy atom. The van der Waals surface area contributed by atoms with Crippen molar-refractivity contribution in [1.82, 2.24) is 4.90 Å². The van der Waals surface area contributed by atoms with Crippen molar-refractivity contribution >= 4 is 11.6 Å². The lowest BCUT2D eigenvalue weighted by atomic mass is 10.1. The van der Waals surface area contributed by atoms with Gasteiger partial charge >= 0.3 is 0 Å². The average Bonchev–Trinajstić information content (AvgIpc) is 2.39. The van der Waals surface area contributed by atoms with E-state index < -0.39 is 0 Å². The van der Waals surface area contributed by atoms with Crippen LogP contribution in [0.25, 0.3) is 0 Å². The van der Waals surface area contributed by atoms with E-state index in [1.54, 1.807) is 0 Å². The number of nitrogens with zero attached hydrogens (tertiary/aromatic N) is 1. The highest BCUT2D eigenvalue weighted by Gasteiger charge is 2.09. The first kappa shape index (κ1) is 15.0. The van der Waals surface area contributed by atoms with E-state index in [4.69, 9.17) is 17.3 Å². The summed E-state index contributed by atoms with van der Waals surface area (Å²) >= 11 is 6.00. The molecule has 2 aromatic rings. The monoisotopic (exact) mass is 288 g/mol. The standard InChI is InChI=1S/C17H21ClN2/c1-13-6-8-15(9-7-13)17(19)12-20(2)11-14-4-3-5-16(18)10-14/h3-10,17H,11-12,19H2,1-2H3. The summed E-state index contributed by atoms with van der Waals surface area (Å²) in [4.78, 5) is 2.22. The second-order valence-electron chi connectivity index (χ2n) is 5.34. The first-order valence-corrected chi connectivity index (χ1v) is 7.17. The topological polar surface area (TPSA) is 29.3 Å². The van der Waals surface area contributed by atoms with Gasteiger partial charge in [0.2, 0.25) is 0 Å². The summed E-state index contributed by atoms with van der Waals surface area (Å²) in [5, 5.41) is 0.777. The molecule has 0 saturated heterocycles. The molecule has 0 heterocycles. The maximum Gasteiger partial charge on any atom is 0.0424 e. The van der Waals surface area contributed by atoms with Crippen molar-refractivity contribution in [2.24, 2.45) is 5.73 Å². The van der Waals surface area contributed by atoms with Crippen LogP contribution >= 0.6 is 11.6 Å². The molecular weight excluding hydrogens is 268 g/mol. The summed E-state index contributed by atoms with van der Waals surface area (Å²) in [7, 11) is 2.08. The van der Waals surface area contributed by atoms with Crippen LogP contribution in [0, 0.1) is 6.92 Å². The summed E-state index contributed by atoms with van der Waals surface area (Å²) in [6.45, 7) is 3.75. The van der Waals surface area contributed by atoms with Crippen molar-refractivity contribution in [3.63, 3.8) is 0 Å². The van der Waals surface area contributed by atoms with Crippen LogP contribution in [0.4, 0.5) is 0 Å². The van der Waals surface area contributed by atoms with Crippen LogP contribution in [0.1, 0.15) is 22.7 Å². The molecule has 2 rings (SSSR count). The van der Waals surface area contributed by atoms with Crippen LogP contribution in [0.3, 0.4) is 0 Å². The number of hydrogen-bond acceptors (Lipinski definition) is 2. The Labute approximate surface area is 126 Å². The van der Waals surface area contributed by atoms with Crippen molar-refractivity contribution in [2.45, 2.75) is 19.5 Å². The number of nitrogens with two attached hydrogens (primary N) is 1. The fraction of sp³-hybridized carbons (Fsp3) is 0.294. The van der Waals surface area contributed by atoms with Gasteiger partial charge in [0.05, 0.1) is 0 Å².